The highest BCUT2D eigenvalue weighted by Gasteiger charge is 2.18. The highest BCUT2D eigenvalue weighted by atomic mass is 19.3. The summed E-state index contributed by atoms with van der Waals surface area (Å²) in [4.78, 5) is 17.0. The van der Waals surface area contributed by atoms with Gasteiger partial charge >= 0.3 is 0 Å². The molecular formula is C17H13F4N3O. The fourth-order valence-electron chi connectivity index (χ4n) is 2.65. The zero-order chi connectivity index (χ0) is 18.1. The number of fused-ring (bicyclic) bond motifs is 1. The van der Waals surface area contributed by atoms with Crippen LogP contribution in [0.5, 0.6) is 0 Å². The second kappa shape index (κ2) is 6.64. The lowest BCUT2D eigenvalue weighted by atomic mass is 10.1. The van der Waals surface area contributed by atoms with Crippen LogP contribution in [0.25, 0.3) is 16.6 Å². The number of halogens is 4. The molecule has 0 aliphatic carbocycles. The van der Waals surface area contributed by atoms with Gasteiger partial charge in [0.05, 0.1) is 11.2 Å². The van der Waals surface area contributed by atoms with Crippen LogP contribution in [0.3, 0.4) is 0 Å². The van der Waals surface area contributed by atoms with Crippen LogP contribution in [-0.4, -0.2) is 16.1 Å². The Morgan fingerprint density at radius 3 is 2.60 bits per heavy atom. The molecule has 1 heterocycles. The predicted octanol–water partition coefficient (Wildman–Crippen LogP) is 3.10. The number of nitrogens with two attached hydrogens (primary N) is 1. The molecule has 0 spiro atoms. The van der Waals surface area contributed by atoms with Crippen molar-refractivity contribution in [1.29, 1.82) is 0 Å². The average molecular weight is 351 g/mol. The smallest absolute Gasteiger partial charge is 0.268 e. The van der Waals surface area contributed by atoms with Gasteiger partial charge in [0.1, 0.15) is 22.8 Å². The monoisotopic (exact) mass is 351 g/mol. The SMILES string of the molecule is NCCc1nc2cccc(F)c2c(=O)n1-c1cc(F)cc(C(F)F)c1. The molecule has 2 aromatic carbocycles. The van der Waals surface area contributed by atoms with Gasteiger partial charge < -0.3 is 5.73 Å². The van der Waals surface area contributed by atoms with Crippen molar-refractivity contribution in [3.63, 3.8) is 0 Å². The third-order valence-corrected chi connectivity index (χ3v) is 3.70. The Balaban J connectivity index is 2.38. The van der Waals surface area contributed by atoms with Gasteiger partial charge in [0.2, 0.25) is 0 Å². The first-order valence-corrected chi connectivity index (χ1v) is 7.41. The fraction of sp³-hybridized carbons (Fsp3) is 0.176. The van der Waals surface area contributed by atoms with Gasteiger partial charge in [-0.15, -0.1) is 0 Å². The van der Waals surface area contributed by atoms with Crippen LogP contribution in [0.1, 0.15) is 17.8 Å². The molecule has 8 heteroatoms. The van der Waals surface area contributed by atoms with Gasteiger partial charge in [0.15, 0.2) is 0 Å². The Morgan fingerprint density at radius 2 is 1.92 bits per heavy atom. The normalized spacial score (nSPS) is 11.4. The number of alkyl halides is 2. The number of benzene rings is 2. The number of hydrogen-bond acceptors (Lipinski definition) is 3. The Kier molecular flexibility index (Phi) is 4.54. The Labute approximate surface area is 139 Å². The first-order valence-electron chi connectivity index (χ1n) is 7.41. The molecule has 2 N–H and O–H groups in total. The first-order chi connectivity index (χ1) is 11.9. The maximum atomic E-state index is 14.1. The molecule has 3 rings (SSSR count). The van der Waals surface area contributed by atoms with Gasteiger partial charge in [-0.1, -0.05) is 6.07 Å². The van der Waals surface area contributed by atoms with Crippen molar-refractivity contribution in [2.45, 2.75) is 12.8 Å². The molecule has 0 fully saturated rings. The van der Waals surface area contributed by atoms with E-state index in [-0.39, 0.29) is 35.4 Å². The summed E-state index contributed by atoms with van der Waals surface area (Å²) in [6.45, 7) is 0.115. The molecule has 130 valence electrons. The molecule has 4 nitrogen and oxygen atoms in total. The topological polar surface area (TPSA) is 60.9 Å². The Hall–Kier alpha value is -2.74. The molecule has 0 aliphatic heterocycles. The van der Waals surface area contributed by atoms with Gasteiger partial charge in [0.25, 0.3) is 12.0 Å². The van der Waals surface area contributed by atoms with Crippen LogP contribution >= 0.6 is 0 Å². The molecule has 0 saturated carbocycles. The molecule has 3 aromatic rings. The maximum Gasteiger partial charge on any atom is 0.268 e. The van der Waals surface area contributed by atoms with E-state index in [1.165, 1.54) is 12.1 Å². The summed E-state index contributed by atoms with van der Waals surface area (Å²) in [6, 6.07) is 6.52. The van der Waals surface area contributed by atoms with E-state index < -0.39 is 29.2 Å². The standard InChI is InChI=1S/C17H13F4N3O/c18-10-6-9(16(20)21)7-11(8-10)24-14(4-5-22)23-13-3-1-2-12(19)15(13)17(24)25/h1-3,6-8,16H,4-5,22H2. The van der Waals surface area contributed by atoms with Crippen molar-refractivity contribution in [3.05, 3.63) is 69.8 Å². The molecule has 0 aliphatic rings. The zero-order valence-corrected chi connectivity index (χ0v) is 12.8. The van der Waals surface area contributed by atoms with Crippen molar-refractivity contribution in [2.24, 2.45) is 5.73 Å². The van der Waals surface area contributed by atoms with Gasteiger partial charge in [-0.05, 0) is 36.9 Å². The summed E-state index contributed by atoms with van der Waals surface area (Å²) in [5.41, 5.74) is 4.09. The van der Waals surface area contributed by atoms with Crippen LogP contribution in [0.15, 0.2) is 41.2 Å². The molecular weight excluding hydrogens is 338 g/mol. The highest BCUT2D eigenvalue weighted by Crippen LogP contribution is 2.24. The molecule has 0 unspecified atom stereocenters. The quantitative estimate of drug-likeness (QED) is 0.735. The summed E-state index contributed by atoms with van der Waals surface area (Å²) in [7, 11) is 0. The van der Waals surface area contributed by atoms with Crippen molar-refractivity contribution >= 4 is 10.9 Å². The summed E-state index contributed by atoms with van der Waals surface area (Å²) < 4.78 is 54.7. The molecule has 0 saturated heterocycles. The van der Waals surface area contributed by atoms with Gasteiger partial charge in [-0.3, -0.25) is 9.36 Å². The summed E-state index contributed by atoms with van der Waals surface area (Å²) in [5.74, 6) is -1.60. The van der Waals surface area contributed by atoms with Crippen molar-refractivity contribution in [2.75, 3.05) is 6.54 Å². The van der Waals surface area contributed by atoms with E-state index in [9.17, 15) is 22.4 Å². The summed E-state index contributed by atoms with van der Waals surface area (Å²) >= 11 is 0. The van der Waals surface area contributed by atoms with E-state index in [2.05, 4.69) is 4.98 Å². The highest BCUT2D eigenvalue weighted by molar-refractivity contribution is 5.78. The second-order valence-electron chi connectivity index (χ2n) is 5.38. The van der Waals surface area contributed by atoms with Crippen molar-refractivity contribution in [1.82, 2.24) is 9.55 Å². The van der Waals surface area contributed by atoms with Crippen LogP contribution in [0.2, 0.25) is 0 Å². The first kappa shape index (κ1) is 17.1. The largest absolute Gasteiger partial charge is 0.330 e. The molecule has 25 heavy (non-hydrogen) atoms. The lowest BCUT2D eigenvalue weighted by Crippen LogP contribution is -2.26. The van der Waals surface area contributed by atoms with Gasteiger partial charge in [-0.2, -0.15) is 0 Å². The lowest BCUT2D eigenvalue weighted by molar-refractivity contribution is 0.151. The summed E-state index contributed by atoms with van der Waals surface area (Å²) in [6.07, 6.45) is -2.80. The van der Waals surface area contributed by atoms with Crippen molar-refractivity contribution < 1.29 is 17.6 Å². The van der Waals surface area contributed by atoms with Crippen LogP contribution < -0.4 is 11.3 Å². The van der Waals surface area contributed by atoms with Gasteiger partial charge in [-0.25, -0.2) is 22.5 Å². The van der Waals surface area contributed by atoms with E-state index >= 15 is 0 Å². The Morgan fingerprint density at radius 1 is 1.16 bits per heavy atom. The average Bonchev–Trinajstić information content (AvgIpc) is 2.54. The van der Waals surface area contributed by atoms with E-state index in [0.717, 1.165) is 22.8 Å². The third-order valence-electron chi connectivity index (χ3n) is 3.70. The molecule has 0 bridgehead atoms. The minimum Gasteiger partial charge on any atom is -0.330 e. The van der Waals surface area contributed by atoms with Crippen LogP contribution in [0.4, 0.5) is 17.6 Å². The van der Waals surface area contributed by atoms with Crippen LogP contribution in [-0.2, 0) is 6.42 Å². The zero-order valence-electron chi connectivity index (χ0n) is 12.8. The van der Waals surface area contributed by atoms with E-state index in [1.54, 1.807) is 0 Å². The number of aromatic nitrogens is 2. The van der Waals surface area contributed by atoms with Gasteiger partial charge in [0, 0.05) is 12.0 Å². The van der Waals surface area contributed by atoms with Crippen molar-refractivity contribution in [3.8, 4) is 5.69 Å². The molecule has 0 amide bonds. The van der Waals surface area contributed by atoms with E-state index in [1.807, 2.05) is 0 Å². The predicted molar refractivity (Wildman–Crippen MR) is 85.0 cm³/mol. The molecule has 0 atom stereocenters. The van der Waals surface area contributed by atoms with E-state index in [0.29, 0.717) is 6.07 Å². The Bertz CT molecular complexity index is 1000. The molecule has 0 radical (unpaired) electrons. The maximum absolute atomic E-state index is 14.1. The minimum absolute atomic E-state index is 0.115. The summed E-state index contributed by atoms with van der Waals surface area (Å²) in [5, 5.41) is -0.300. The van der Waals surface area contributed by atoms with Crippen LogP contribution in [0, 0.1) is 11.6 Å². The molecule has 1 aromatic heterocycles. The number of rotatable bonds is 4. The lowest BCUT2D eigenvalue weighted by Gasteiger charge is -2.14. The minimum atomic E-state index is -2.92. The third kappa shape index (κ3) is 3.12. The van der Waals surface area contributed by atoms with E-state index in [4.69, 9.17) is 5.73 Å². The number of nitrogens with zero attached hydrogens (tertiary/aromatic N) is 2. The number of hydrogen-bond donors (Lipinski definition) is 1. The second-order valence-corrected chi connectivity index (χ2v) is 5.38. The fourth-order valence-corrected chi connectivity index (χ4v) is 2.65.